The first-order chi connectivity index (χ1) is 16.8. The van der Waals surface area contributed by atoms with Crippen LogP contribution in [0.3, 0.4) is 0 Å². The molecule has 1 aliphatic heterocycles. The van der Waals surface area contributed by atoms with Crippen LogP contribution in [-0.2, 0) is 22.7 Å². The van der Waals surface area contributed by atoms with Crippen molar-refractivity contribution in [1.29, 1.82) is 0 Å². The first-order valence-electron chi connectivity index (χ1n) is 11.5. The van der Waals surface area contributed by atoms with Crippen molar-refractivity contribution in [3.8, 4) is 5.75 Å². The summed E-state index contributed by atoms with van der Waals surface area (Å²) < 4.78 is 21.2. The van der Waals surface area contributed by atoms with Gasteiger partial charge in [-0.1, -0.05) is 23.7 Å². The van der Waals surface area contributed by atoms with Gasteiger partial charge in [-0.3, -0.25) is 14.4 Å². The Balaban J connectivity index is 1.52. The van der Waals surface area contributed by atoms with E-state index in [0.717, 1.165) is 18.4 Å². The van der Waals surface area contributed by atoms with Crippen LogP contribution >= 0.6 is 11.6 Å². The number of likely N-dealkylation sites (tertiary alicyclic amines) is 1. The van der Waals surface area contributed by atoms with E-state index in [4.69, 9.17) is 16.3 Å². The molecule has 1 fully saturated rings. The topological polar surface area (TPSA) is 80.6 Å². The van der Waals surface area contributed by atoms with Crippen LogP contribution in [0.15, 0.2) is 42.6 Å². The summed E-state index contributed by atoms with van der Waals surface area (Å²) in [5.74, 6) is -0.611. The first-order valence-corrected chi connectivity index (χ1v) is 11.9. The number of hydrogen-bond acceptors (Lipinski definition) is 4. The maximum atomic E-state index is 14.2. The quantitative estimate of drug-likeness (QED) is 0.490. The zero-order valence-electron chi connectivity index (χ0n) is 19.6. The maximum absolute atomic E-state index is 14.2. The van der Waals surface area contributed by atoms with Crippen molar-refractivity contribution in [2.45, 2.75) is 45.3 Å². The normalized spacial score (nSPS) is 15.8. The van der Waals surface area contributed by atoms with E-state index >= 15 is 0 Å². The first kappa shape index (κ1) is 24.7. The molecule has 3 aromatic rings. The fraction of sp³-hybridized carbons (Fsp3) is 0.346. The number of nitrogens with zero attached hydrogens (tertiary/aromatic N) is 2. The maximum Gasteiger partial charge on any atom is 0.243 e. The Labute approximate surface area is 207 Å². The molecule has 2 amide bonds. The number of fused-ring (bicyclic) bond motifs is 1. The van der Waals surface area contributed by atoms with E-state index in [2.05, 4.69) is 5.32 Å². The van der Waals surface area contributed by atoms with E-state index < -0.39 is 11.9 Å². The van der Waals surface area contributed by atoms with Gasteiger partial charge < -0.3 is 19.5 Å². The average Bonchev–Trinajstić information content (AvgIpc) is 3.22. The number of piperidine rings is 1. The van der Waals surface area contributed by atoms with Gasteiger partial charge in [0.1, 0.15) is 24.2 Å². The molecule has 1 N–H and O–H groups in total. The van der Waals surface area contributed by atoms with E-state index in [1.807, 2.05) is 6.07 Å². The molecule has 184 valence electrons. The Bertz CT molecular complexity index is 1290. The Kier molecular flexibility index (Phi) is 7.40. The van der Waals surface area contributed by atoms with E-state index in [1.54, 1.807) is 47.0 Å². The minimum Gasteiger partial charge on any atom is -0.497 e. The molecule has 1 atom stereocenters. The molecule has 4 rings (SSSR count). The summed E-state index contributed by atoms with van der Waals surface area (Å²) in [5, 5.41) is 3.45. The zero-order chi connectivity index (χ0) is 25.1. The number of aromatic nitrogens is 1. The van der Waals surface area contributed by atoms with Crippen LogP contribution < -0.4 is 10.1 Å². The summed E-state index contributed by atoms with van der Waals surface area (Å²) in [6.45, 7) is 1.90. The number of nitrogens with one attached hydrogen (secondary N) is 1. The van der Waals surface area contributed by atoms with Gasteiger partial charge in [-0.15, -0.1) is 0 Å². The lowest BCUT2D eigenvalue weighted by Gasteiger charge is -2.35. The number of ketones is 1. The molecule has 2 aromatic carbocycles. The second kappa shape index (κ2) is 10.5. The summed E-state index contributed by atoms with van der Waals surface area (Å²) in [6.07, 6.45) is 3.80. The third kappa shape index (κ3) is 5.17. The average molecular weight is 500 g/mol. The molecule has 9 heteroatoms. The number of ether oxygens (including phenoxy) is 1. The summed E-state index contributed by atoms with van der Waals surface area (Å²) in [4.78, 5) is 40.1. The SMILES string of the molecule is COc1ccc2c(c1)c(C(C)=O)cn2CC(=O)N1CCCC[C@H]1C(=O)NCc1cccc(Cl)c1F. The van der Waals surface area contributed by atoms with E-state index in [1.165, 1.54) is 13.0 Å². The number of hydrogen-bond donors (Lipinski definition) is 1. The predicted molar refractivity (Wildman–Crippen MR) is 131 cm³/mol. The van der Waals surface area contributed by atoms with Gasteiger partial charge in [0.2, 0.25) is 11.8 Å². The molecule has 0 aliphatic carbocycles. The Hall–Kier alpha value is -3.39. The molecule has 0 bridgehead atoms. The molecule has 1 aromatic heterocycles. The Morgan fingerprint density at radius 3 is 2.74 bits per heavy atom. The van der Waals surface area contributed by atoms with Crippen molar-refractivity contribution in [2.75, 3.05) is 13.7 Å². The van der Waals surface area contributed by atoms with Crippen LogP contribution in [0.4, 0.5) is 4.39 Å². The van der Waals surface area contributed by atoms with Gasteiger partial charge in [-0.2, -0.15) is 0 Å². The lowest BCUT2D eigenvalue weighted by atomic mass is 10.0. The van der Waals surface area contributed by atoms with E-state index in [0.29, 0.717) is 29.7 Å². The number of halogens is 2. The van der Waals surface area contributed by atoms with Gasteiger partial charge in [0, 0.05) is 41.3 Å². The standard InChI is InChI=1S/C26H27ClFN3O4/c1-16(32)20-14-30(22-10-9-18(35-2)12-19(20)22)15-24(33)31-11-4-3-8-23(31)26(34)29-13-17-6-5-7-21(27)25(17)28/h5-7,9-10,12,14,23H,3-4,8,11,13,15H2,1-2H3,(H,29,34)/t23-/m0/s1. The van der Waals surface area contributed by atoms with E-state index in [-0.39, 0.29) is 41.3 Å². The number of carbonyl (C=O) groups is 3. The molecule has 1 saturated heterocycles. The highest BCUT2D eigenvalue weighted by molar-refractivity contribution is 6.30. The van der Waals surface area contributed by atoms with Crippen molar-refractivity contribution in [3.63, 3.8) is 0 Å². The summed E-state index contributed by atoms with van der Waals surface area (Å²) in [5.41, 5.74) is 1.52. The summed E-state index contributed by atoms with van der Waals surface area (Å²) in [6, 6.07) is 9.35. The number of methoxy groups -OCH3 is 1. The van der Waals surface area contributed by atoms with Gasteiger partial charge in [0.05, 0.1) is 12.1 Å². The second-order valence-electron chi connectivity index (χ2n) is 8.64. The number of Topliss-reactive ketones (excluding diaryl/α,β-unsaturated/α-hetero) is 1. The third-order valence-corrected chi connectivity index (χ3v) is 6.68. The number of amides is 2. The fourth-order valence-electron chi connectivity index (χ4n) is 4.54. The zero-order valence-corrected chi connectivity index (χ0v) is 20.4. The monoisotopic (exact) mass is 499 g/mol. The molecule has 1 aliphatic rings. The van der Waals surface area contributed by atoms with Gasteiger partial charge in [-0.05, 0) is 50.5 Å². The Morgan fingerprint density at radius 2 is 2.00 bits per heavy atom. The van der Waals surface area contributed by atoms with Crippen LogP contribution in [-0.4, -0.2) is 46.8 Å². The minimum atomic E-state index is -0.646. The molecule has 0 unspecified atom stereocenters. The predicted octanol–water partition coefficient (Wildman–Crippen LogP) is 4.34. The molecule has 35 heavy (non-hydrogen) atoms. The van der Waals surface area contributed by atoms with Gasteiger partial charge in [-0.25, -0.2) is 4.39 Å². The number of benzene rings is 2. The molecule has 7 nitrogen and oxygen atoms in total. The van der Waals surface area contributed by atoms with E-state index in [9.17, 15) is 18.8 Å². The van der Waals surface area contributed by atoms with Gasteiger partial charge in [0.15, 0.2) is 5.78 Å². The Morgan fingerprint density at radius 1 is 1.20 bits per heavy atom. The lowest BCUT2D eigenvalue weighted by molar-refractivity contribution is -0.142. The highest BCUT2D eigenvalue weighted by Gasteiger charge is 2.32. The van der Waals surface area contributed by atoms with Crippen LogP contribution in [0.1, 0.15) is 42.1 Å². The van der Waals surface area contributed by atoms with Crippen molar-refractivity contribution in [1.82, 2.24) is 14.8 Å². The molecule has 0 radical (unpaired) electrons. The molecule has 0 spiro atoms. The van der Waals surface area contributed by atoms with Crippen molar-refractivity contribution in [3.05, 3.63) is 64.6 Å². The summed E-state index contributed by atoms with van der Waals surface area (Å²) >= 11 is 5.83. The number of carbonyl (C=O) groups excluding carboxylic acids is 3. The fourth-order valence-corrected chi connectivity index (χ4v) is 4.73. The van der Waals surface area contributed by atoms with Crippen LogP contribution in [0.2, 0.25) is 5.02 Å². The van der Waals surface area contributed by atoms with Gasteiger partial charge in [0.25, 0.3) is 0 Å². The van der Waals surface area contributed by atoms with Crippen LogP contribution in [0, 0.1) is 5.82 Å². The van der Waals surface area contributed by atoms with Crippen LogP contribution in [0.5, 0.6) is 5.75 Å². The third-order valence-electron chi connectivity index (χ3n) is 6.38. The molecular formula is C26H27ClFN3O4. The van der Waals surface area contributed by atoms with Crippen molar-refractivity contribution in [2.24, 2.45) is 0 Å². The molecule has 0 saturated carbocycles. The van der Waals surface area contributed by atoms with Gasteiger partial charge >= 0.3 is 0 Å². The molecule has 2 heterocycles. The minimum absolute atomic E-state index is 0.00674. The highest BCUT2D eigenvalue weighted by atomic mass is 35.5. The molecular weight excluding hydrogens is 473 g/mol. The second-order valence-corrected chi connectivity index (χ2v) is 9.05. The highest BCUT2D eigenvalue weighted by Crippen LogP contribution is 2.27. The largest absolute Gasteiger partial charge is 0.497 e. The smallest absolute Gasteiger partial charge is 0.243 e. The van der Waals surface area contributed by atoms with Crippen molar-refractivity contribution >= 4 is 40.1 Å². The lowest BCUT2D eigenvalue weighted by Crippen LogP contribution is -2.52. The summed E-state index contributed by atoms with van der Waals surface area (Å²) in [7, 11) is 1.55. The number of rotatable bonds is 7. The van der Waals surface area contributed by atoms with Crippen molar-refractivity contribution < 1.29 is 23.5 Å². The van der Waals surface area contributed by atoms with Crippen LogP contribution in [0.25, 0.3) is 10.9 Å².